The van der Waals surface area contributed by atoms with Crippen LogP contribution in [0.1, 0.15) is 50.2 Å². The third-order valence-corrected chi connectivity index (χ3v) is 3.41. The lowest BCUT2D eigenvalue weighted by Crippen LogP contribution is -2.09. The first-order valence-corrected chi connectivity index (χ1v) is 6.87. The maximum absolute atomic E-state index is 10.1. The van der Waals surface area contributed by atoms with Gasteiger partial charge in [-0.25, -0.2) is 0 Å². The molecule has 0 aliphatic rings. The molecule has 0 aliphatic carbocycles. The highest BCUT2D eigenvalue weighted by Crippen LogP contribution is 2.18. The monoisotopic (exact) mass is 259 g/mol. The molecule has 4 nitrogen and oxygen atoms in total. The molecule has 0 aromatic carbocycles. The van der Waals surface area contributed by atoms with Crippen molar-refractivity contribution in [2.24, 2.45) is 0 Å². The molecule has 19 heavy (non-hydrogen) atoms. The van der Waals surface area contributed by atoms with Crippen molar-refractivity contribution in [3.05, 3.63) is 48.0 Å². The van der Waals surface area contributed by atoms with Crippen LogP contribution < -0.4 is 0 Å². The summed E-state index contributed by atoms with van der Waals surface area (Å²) in [5.74, 6) is 0. The van der Waals surface area contributed by atoms with Crippen molar-refractivity contribution in [1.29, 1.82) is 0 Å². The third-order valence-electron chi connectivity index (χ3n) is 3.41. The van der Waals surface area contributed by atoms with Gasteiger partial charge in [0.15, 0.2) is 0 Å². The Balaban J connectivity index is 2.04. The smallest absolute Gasteiger partial charge is 0.102 e. The molecule has 0 saturated heterocycles. The van der Waals surface area contributed by atoms with Gasteiger partial charge < -0.3 is 5.11 Å². The molecule has 1 N–H and O–H groups in total. The molecule has 1 atom stereocenters. The van der Waals surface area contributed by atoms with Gasteiger partial charge in [-0.05, 0) is 31.0 Å². The minimum atomic E-state index is -0.591. The summed E-state index contributed by atoms with van der Waals surface area (Å²) in [6.45, 7) is 4.33. The van der Waals surface area contributed by atoms with Crippen LogP contribution in [0, 0.1) is 0 Å². The number of hydrogen-bond acceptors (Lipinski definition) is 3. The van der Waals surface area contributed by atoms with Crippen LogP contribution in [0.4, 0.5) is 0 Å². The van der Waals surface area contributed by atoms with E-state index in [9.17, 15) is 5.11 Å². The molecular weight excluding hydrogens is 238 g/mol. The lowest BCUT2D eigenvalue weighted by atomic mass is 10.1. The number of aromatic nitrogens is 3. The lowest BCUT2D eigenvalue weighted by molar-refractivity contribution is 0.172. The summed E-state index contributed by atoms with van der Waals surface area (Å²) < 4.78 is 2.00. The molecule has 0 radical (unpaired) electrons. The van der Waals surface area contributed by atoms with E-state index in [0.717, 1.165) is 18.5 Å². The fourth-order valence-electron chi connectivity index (χ4n) is 2.23. The van der Waals surface area contributed by atoms with E-state index in [4.69, 9.17) is 0 Å². The summed E-state index contributed by atoms with van der Waals surface area (Å²) in [4.78, 5) is 4.16. The van der Waals surface area contributed by atoms with Crippen LogP contribution in [0.5, 0.6) is 0 Å². The topological polar surface area (TPSA) is 50.9 Å². The van der Waals surface area contributed by atoms with E-state index in [-0.39, 0.29) is 0 Å². The second-order valence-electron chi connectivity index (χ2n) is 4.73. The van der Waals surface area contributed by atoms with Crippen LogP contribution in [0.15, 0.2) is 36.7 Å². The third kappa shape index (κ3) is 3.41. The average molecular weight is 259 g/mol. The Morgan fingerprint density at radius 2 is 2.00 bits per heavy atom. The van der Waals surface area contributed by atoms with Crippen molar-refractivity contribution in [3.8, 4) is 0 Å². The molecular formula is C15H21N3O. The van der Waals surface area contributed by atoms with Gasteiger partial charge in [-0.1, -0.05) is 19.9 Å². The van der Waals surface area contributed by atoms with E-state index in [1.165, 1.54) is 0 Å². The van der Waals surface area contributed by atoms with Crippen LogP contribution in [-0.4, -0.2) is 19.9 Å². The normalized spacial score (nSPS) is 12.8. The maximum Gasteiger partial charge on any atom is 0.102 e. The van der Waals surface area contributed by atoms with Crippen LogP contribution in [0.3, 0.4) is 0 Å². The molecule has 2 aromatic heterocycles. The summed E-state index contributed by atoms with van der Waals surface area (Å²) in [5, 5.41) is 14.7. The minimum Gasteiger partial charge on any atom is -0.386 e. The Morgan fingerprint density at radius 1 is 1.21 bits per heavy atom. The molecule has 0 aliphatic heterocycles. The Morgan fingerprint density at radius 3 is 2.63 bits per heavy atom. The zero-order valence-electron chi connectivity index (χ0n) is 11.5. The van der Waals surface area contributed by atoms with Crippen LogP contribution in [0.2, 0.25) is 0 Å². The molecule has 2 aromatic rings. The zero-order valence-corrected chi connectivity index (χ0v) is 11.5. The standard InChI is InChI=1S/C15H21N3O/c1-3-13(4-2)18-10-8-12(17-18)11-15(19)14-7-5-6-9-16-14/h5-10,13,15,19H,3-4,11H2,1-2H3. The first kappa shape index (κ1) is 13.7. The fourth-order valence-corrected chi connectivity index (χ4v) is 2.23. The van der Waals surface area contributed by atoms with Gasteiger partial charge in [0.2, 0.25) is 0 Å². The Kier molecular flexibility index (Phi) is 4.68. The summed E-state index contributed by atoms with van der Waals surface area (Å²) >= 11 is 0. The first-order valence-electron chi connectivity index (χ1n) is 6.87. The van der Waals surface area contributed by atoms with Gasteiger partial charge in [0, 0.05) is 18.8 Å². The van der Waals surface area contributed by atoms with E-state index < -0.39 is 6.10 Å². The number of aliphatic hydroxyl groups is 1. The van der Waals surface area contributed by atoms with Gasteiger partial charge in [0.25, 0.3) is 0 Å². The highest BCUT2D eigenvalue weighted by atomic mass is 16.3. The van der Waals surface area contributed by atoms with Gasteiger partial charge in [-0.2, -0.15) is 5.10 Å². The first-order chi connectivity index (χ1) is 9.24. The Bertz CT molecular complexity index is 491. The van der Waals surface area contributed by atoms with Crippen molar-refractivity contribution in [1.82, 2.24) is 14.8 Å². The Labute approximate surface area is 114 Å². The number of pyridine rings is 1. The van der Waals surface area contributed by atoms with Gasteiger partial charge in [0.05, 0.1) is 17.4 Å². The molecule has 2 heterocycles. The van der Waals surface area contributed by atoms with Crippen molar-refractivity contribution < 1.29 is 5.11 Å². The largest absolute Gasteiger partial charge is 0.386 e. The van der Waals surface area contributed by atoms with Crippen molar-refractivity contribution >= 4 is 0 Å². The molecule has 2 rings (SSSR count). The molecule has 102 valence electrons. The molecule has 0 saturated carbocycles. The quantitative estimate of drug-likeness (QED) is 0.867. The predicted octanol–water partition coefficient (Wildman–Crippen LogP) is 2.92. The summed E-state index contributed by atoms with van der Waals surface area (Å²) in [6.07, 6.45) is 5.75. The highest BCUT2D eigenvalue weighted by Gasteiger charge is 2.13. The van der Waals surface area contributed by atoms with Gasteiger partial charge in [0.1, 0.15) is 6.10 Å². The number of rotatable bonds is 6. The zero-order chi connectivity index (χ0) is 13.7. The van der Waals surface area contributed by atoms with E-state index in [0.29, 0.717) is 18.2 Å². The van der Waals surface area contributed by atoms with Crippen LogP contribution >= 0.6 is 0 Å². The molecule has 0 spiro atoms. The van der Waals surface area contributed by atoms with Gasteiger partial charge >= 0.3 is 0 Å². The summed E-state index contributed by atoms with van der Waals surface area (Å²) in [7, 11) is 0. The molecule has 0 amide bonds. The van der Waals surface area contributed by atoms with E-state index in [1.807, 2.05) is 35.1 Å². The second-order valence-corrected chi connectivity index (χ2v) is 4.73. The predicted molar refractivity (Wildman–Crippen MR) is 74.7 cm³/mol. The van der Waals surface area contributed by atoms with Crippen molar-refractivity contribution in [2.45, 2.75) is 45.3 Å². The SMILES string of the molecule is CCC(CC)n1ccc(CC(O)c2ccccn2)n1. The Hall–Kier alpha value is -1.68. The molecule has 4 heteroatoms. The average Bonchev–Trinajstić information content (AvgIpc) is 2.89. The number of nitrogens with zero attached hydrogens (tertiary/aromatic N) is 3. The molecule has 1 unspecified atom stereocenters. The summed E-state index contributed by atoms with van der Waals surface area (Å²) in [6, 6.07) is 7.99. The van der Waals surface area contributed by atoms with E-state index >= 15 is 0 Å². The van der Waals surface area contributed by atoms with Gasteiger partial charge in [-0.15, -0.1) is 0 Å². The van der Waals surface area contributed by atoms with E-state index in [1.54, 1.807) is 6.20 Å². The lowest BCUT2D eigenvalue weighted by Gasteiger charge is -2.12. The van der Waals surface area contributed by atoms with Gasteiger partial charge in [-0.3, -0.25) is 9.67 Å². The maximum atomic E-state index is 10.1. The van der Waals surface area contributed by atoms with Crippen molar-refractivity contribution in [3.63, 3.8) is 0 Å². The second kappa shape index (κ2) is 6.48. The van der Waals surface area contributed by atoms with Crippen LogP contribution in [0.25, 0.3) is 0 Å². The minimum absolute atomic E-state index is 0.445. The van der Waals surface area contributed by atoms with E-state index in [2.05, 4.69) is 23.9 Å². The number of hydrogen-bond donors (Lipinski definition) is 1. The summed E-state index contributed by atoms with van der Waals surface area (Å²) in [5.41, 5.74) is 1.60. The van der Waals surface area contributed by atoms with Crippen molar-refractivity contribution in [2.75, 3.05) is 0 Å². The fraction of sp³-hybridized carbons (Fsp3) is 0.467. The van der Waals surface area contributed by atoms with Crippen LogP contribution in [-0.2, 0) is 6.42 Å². The highest BCUT2D eigenvalue weighted by molar-refractivity contribution is 5.10. The molecule has 0 bridgehead atoms. The molecule has 0 fully saturated rings. The number of aliphatic hydroxyl groups excluding tert-OH is 1.